The molecule has 3 heteroatoms. The Labute approximate surface area is 126 Å². The van der Waals surface area contributed by atoms with Crippen LogP contribution in [0, 0.1) is 5.92 Å². The Hall–Kier alpha value is -0.120. The van der Waals surface area contributed by atoms with Gasteiger partial charge in [-0.1, -0.05) is 20.8 Å². The molecule has 3 nitrogen and oxygen atoms in total. The van der Waals surface area contributed by atoms with Gasteiger partial charge in [-0.05, 0) is 58.9 Å². The lowest BCUT2D eigenvalue weighted by molar-refractivity contribution is 0.0826. The first kappa shape index (κ1) is 17.9. The Morgan fingerprint density at radius 3 is 2.20 bits per heavy atom. The van der Waals surface area contributed by atoms with Crippen molar-refractivity contribution in [3.05, 3.63) is 0 Å². The summed E-state index contributed by atoms with van der Waals surface area (Å²) >= 11 is 0. The molecule has 1 fully saturated rings. The van der Waals surface area contributed by atoms with Crippen LogP contribution in [0.25, 0.3) is 0 Å². The van der Waals surface area contributed by atoms with Gasteiger partial charge in [-0.2, -0.15) is 0 Å². The lowest BCUT2D eigenvalue weighted by Crippen LogP contribution is -2.53. The molecule has 2 atom stereocenters. The van der Waals surface area contributed by atoms with Crippen LogP contribution < -0.4 is 5.32 Å². The van der Waals surface area contributed by atoms with E-state index in [9.17, 15) is 5.11 Å². The second kappa shape index (κ2) is 7.77. The molecule has 1 aliphatic rings. The van der Waals surface area contributed by atoms with E-state index >= 15 is 0 Å². The Morgan fingerprint density at radius 2 is 1.75 bits per heavy atom. The van der Waals surface area contributed by atoms with Crippen LogP contribution in [0.3, 0.4) is 0 Å². The highest BCUT2D eigenvalue weighted by Gasteiger charge is 2.31. The topological polar surface area (TPSA) is 35.5 Å². The van der Waals surface area contributed by atoms with Crippen molar-refractivity contribution in [1.29, 1.82) is 0 Å². The Morgan fingerprint density at radius 1 is 1.20 bits per heavy atom. The zero-order valence-corrected chi connectivity index (χ0v) is 14.4. The van der Waals surface area contributed by atoms with Crippen molar-refractivity contribution in [2.45, 2.75) is 90.4 Å². The van der Waals surface area contributed by atoms with Crippen LogP contribution in [-0.4, -0.2) is 47.3 Å². The van der Waals surface area contributed by atoms with Gasteiger partial charge < -0.3 is 15.3 Å². The number of hydrogen-bond donors (Lipinski definition) is 2. The zero-order valence-electron chi connectivity index (χ0n) is 14.4. The summed E-state index contributed by atoms with van der Waals surface area (Å²) in [7, 11) is 2.26. The van der Waals surface area contributed by atoms with E-state index in [2.05, 4.69) is 51.9 Å². The predicted molar refractivity (Wildman–Crippen MR) is 87.0 cm³/mol. The molecule has 0 aromatic carbocycles. The van der Waals surface area contributed by atoms with Crippen LogP contribution in [0.4, 0.5) is 0 Å². The van der Waals surface area contributed by atoms with Gasteiger partial charge >= 0.3 is 0 Å². The maximum Gasteiger partial charge on any atom is 0.0611 e. The summed E-state index contributed by atoms with van der Waals surface area (Å²) in [6, 6.07) is 1.63. The number of rotatable bonds is 7. The fourth-order valence-corrected chi connectivity index (χ4v) is 3.67. The molecule has 0 aliphatic heterocycles. The smallest absolute Gasteiger partial charge is 0.0611 e. The molecule has 0 bridgehead atoms. The van der Waals surface area contributed by atoms with E-state index in [-0.39, 0.29) is 12.1 Å². The van der Waals surface area contributed by atoms with E-state index in [0.29, 0.717) is 12.1 Å². The molecular formula is C17H36N2O. The van der Waals surface area contributed by atoms with Gasteiger partial charge in [0, 0.05) is 23.7 Å². The summed E-state index contributed by atoms with van der Waals surface area (Å²) in [5.41, 5.74) is -0.177. The normalized spacial score (nSPS) is 28.6. The lowest BCUT2D eigenvalue weighted by atomic mass is 9.85. The van der Waals surface area contributed by atoms with Gasteiger partial charge in [-0.25, -0.2) is 0 Å². The third-order valence-corrected chi connectivity index (χ3v) is 4.99. The molecular weight excluding hydrogens is 248 g/mol. The van der Waals surface area contributed by atoms with Gasteiger partial charge in [-0.15, -0.1) is 0 Å². The first-order valence-electron chi connectivity index (χ1n) is 8.38. The third-order valence-electron chi connectivity index (χ3n) is 4.99. The van der Waals surface area contributed by atoms with Crippen molar-refractivity contribution >= 4 is 0 Å². The van der Waals surface area contributed by atoms with Crippen LogP contribution in [0.1, 0.15) is 66.7 Å². The molecule has 120 valence electrons. The number of aliphatic hydroxyl groups excluding tert-OH is 1. The van der Waals surface area contributed by atoms with Gasteiger partial charge in [0.15, 0.2) is 0 Å². The SMILES string of the molecule is CC1CCC(N(C)C(C)CC(C)(CO)NC(C)C)CC1. The average Bonchev–Trinajstić information content (AvgIpc) is 2.37. The van der Waals surface area contributed by atoms with E-state index in [1.54, 1.807) is 0 Å². The molecule has 0 spiro atoms. The number of nitrogens with zero attached hydrogens (tertiary/aromatic N) is 1. The van der Waals surface area contributed by atoms with Crippen LogP contribution in [0.5, 0.6) is 0 Å². The predicted octanol–water partition coefficient (Wildman–Crippen LogP) is 3.02. The quantitative estimate of drug-likeness (QED) is 0.754. The van der Waals surface area contributed by atoms with Gasteiger partial charge in [0.05, 0.1) is 6.61 Å². The molecule has 0 aromatic rings. The largest absolute Gasteiger partial charge is 0.394 e. The first-order chi connectivity index (χ1) is 9.27. The lowest BCUT2D eigenvalue weighted by Gasteiger charge is -2.41. The summed E-state index contributed by atoms with van der Waals surface area (Å²) in [5, 5.41) is 13.3. The zero-order chi connectivity index (χ0) is 15.3. The van der Waals surface area contributed by atoms with Crippen molar-refractivity contribution < 1.29 is 5.11 Å². The number of aliphatic hydroxyl groups is 1. The van der Waals surface area contributed by atoms with Crippen molar-refractivity contribution in [2.24, 2.45) is 5.92 Å². The Kier molecular flexibility index (Phi) is 6.96. The minimum absolute atomic E-state index is 0.177. The summed E-state index contributed by atoms with van der Waals surface area (Å²) in [4.78, 5) is 2.54. The molecule has 20 heavy (non-hydrogen) atoms. The number of nitrogens with one attached hydrogen (secondary N) is 1. The highest BCUT2D eigenvalue weighted by atomic mass is 16.3. The molecule has 2 N–H and O–H groups in total. The van der Waals surface area contributed by atoms with Gasteiger partial charge in [0.1, 0.15) is 0 Å². The standard InChI is InChI=1S/C17H36N2O/c1-13(2)18-17(5,12-20)11-15(4)19(6)16-9-7-14(3)8-10-16/h13-16,18,20H,7-12H2,1-6H3. The number of hydrogen-bond acceptors (Lipinski definition) is 3. The molecule has 0 amide bonds. The average molecular weight is 284 g/mol. The van der Waals surface area contributed by atoms with E-state index in [0.717, 1.165) is 18.4 Å². The molecule has 2 unspecified atom stereocenters. The molecule has 0 aromatic heterocycles. The van der Waals surface area contributed by atoms with Crippen LogP contribution >= 0.6 is 0 Å². The Bertz CT molecular complexity index is 274. The summed E-state index contributed by atoms with van der Waals surface area (Å²) < 4.78 is 0. The van der Waals surface area contributed by atoms with Gasteiger partial charge in [-0.3, -0.25) is 0 Å². The van der Waals surface area contributed by atoms with Crippen LogP contribution in [-0.2, 0) is 0 Å². The molecule has 1 aliphatic carbocycles. The van der Waals surface area contributed by atoms with E-state index < -0.39 is 0 Å². The summed E-state index contributed by atoms with van der Waals surface area (Å²) in [5.74, 6) is 0.903. The van der Waals surface area contributed by atoms with Gasteiger partial charge in [0.25, 0.3) is 0 Å². The van der Waals surface area contributed by atoms with Gasteiger partial charge in [0.2, 0.25) is 0 Å². The molecule has 1 saturated carbocycles. The summed E-state index contributed by atoms with van der Waals surface area (Å²) in [6.07, 6.45) is 6.38. The van der Waals surface area contributed by atoms with Crippen molar-refractivity contribution in [1.82, 2.24) is 10.2 Å². The first-order valence-corrected chi connectivity index (χ1v) is 8.38. The Balaban J connectivity index is 2.53. The van der Waals surface area contributed by atoms with Crippen LogP contribution in [0.15, 0.2) is 0 Å². The monoisotopic (exact) mass is 284 g/mol. The maximum atomic E-state index is 9.73. The highest BCUT2D eigenvalue weighted by Crippen LogP contribution is 2.28. The third kappa shape index (κ3) is 5.34. The minimum atomic E-state index is -0.177. The van der Waals surface area contributed by atoms with Crippen LogP contribution in [0.2, 0.25) is 0 Å². The maximum absolute atomic E-state index is 9.73. The fraction of sp³-hybridized carbons (Fsp3) is 1.00. The molecule has 0 radical (unpaired) electrons. The van der Waals surface area contributed by atoms with Crippen molar-refractivity contribution in [3.8, 4) is 0 Å². The van der Waals surface area contributed by atoms with Crippen molar-refractivity contribution in [2.75, 3.05) is 13.7 Å². The minimum Gasteiger partial charge on any atom is -0.394 e. The second-order valence-electron chi connectivity index (χ2n) is 7.65. The molecule has 0 heterocycles. The molecule has 0 saturated heterocycles. The highest BCUT2D eigenvalue weighted by molar-refractivity contribution is 4.89. The second-order valence-corrected chi connectivity index (χ2v) is 7.65. The molecule has 1 rings (SSSR count). The van der Waals surface area contributed by atoms with Crippen molar-refractivity contribution in [3.63, 3.8) is 0 Å². The summed E-state index contributed by atoms with van der Waals surface area (Å²) in [6.45, 7) is 11.3. The van der Waals surface area contributed by atoms with E-state index in [4.69, 9.17) is 0 Å². The fourth-order valence-electron chi connectivity index (χ4n) is 3.67. The van der Waals surface area contributed by atoms with E-state index in [1.807, 2.05) is 0 Å². The van der Waals surface area contributed by atoms with E-state index in [1.165, 1.54) is 25.7 Å².